The van der Waals surface area contributed by atoms with Gasteiger partial charge in [0, 0.05) is 24.7 Å². The van der Waals surface area contributed by atoms with E-state index < -0.39 is 0 Å². The topological polar surface area (TPSA) is 41.1 Å². The molecule has 3 heteroatoms. The SMILES string of the molecule is C=CC(=C)NCCCNC(=O)C(C)C. The van der Waals surface area contributed by atoms with Crippen molar-refractivity contribution < 1.29 is 4.79 Å². The van der Waals surface area contributed by atoms with Crippen LogP contribution in [0.1, 0.15) is 20.3 Å². The van der Waals surface area contributed by atoms with Crippen molar-refractivity contribution >= 4 is 5.91 Å². The van der Waals surface area contributed by atoms with Gasteiger partial charge in [0.15, 0.2) is 0 Å². The molecule has 14 heavy (non-hydrogen) atoms. The van der Waals surface area contributed by atoms with E-state index in [1.54, 1.807) is 6.08 Å². The molecule has 0 aliphatic rings. The van der Waals surface area contributed by atoms with E-state index in [1.807, 2.05) is 13.8 Å². The largest absolute Gasteiger partial charge is 0.385 e. The number of carbonyl (C=O) groups excluding carboxylic acids is 1. The van der Waals surface area contributed by atoms with Crippen LogP contribution in [0, 0.1) is 5.92 Å². The van der Waals surface area contributed by atoms with Crippen LogP contribution < -0.4 is 10.6 Å². The van der Waals surface area contributed by atoms with Gasteiger partial charge in [-0.3, -0.25) is 4.79 Å². The Kier molecular flexibility index (Phi) is 6.54. The summed E-state index contributed by atoms with van der Waals surface area (Å²) in [4.78, 5) is 11.1. The molecule has 0 unspecified atom stereocenters. The highest BCUT2D eigenvalue weighted by Crippen LogP contribution is 1.90. The summed E-state index contributed by atoms with van der Waals surface area (Å²) in [5.74, 6) is 0.165. The third kappa shape index (κ3) is 6.29. The number of allylic oxidation sites excluding steroid dienone is 1. The lowest BCUT2D eigenvalue weighted by atomic mass is 10.2. The summed E-state index contributed by atoms with van der Waals surface area (Å²) < 4.78 is 0. The summed E-state index contributed by atoms with van der Waals surface area (Å²) in [7, 11) is 0. The number of hydrogen-bond donors (Lipinski definition) is 2. The van der Waals surface area contributed by atoms with E-state index in [9.17, 15) is 4.79 Å². The Labute approximate surface area is 86.3 Å². The standard InChI is InChI=1S/C11H20N2O/c1-5-10(4)12-7-6-8-13-11(14)9(2)3/h5,9,12H,1,4,6-8H2,2-3H3,(H,13,14). The smallest absolute Gasteiger partial charge is 0.222 e. The number of rotatable bonds is 7. The van der Waals surface area contributed by atoms with Crippen LogP contribution in [0.3, 0.4) is 0 Å². The van der Waals surface area contributed by atoms with Crippen LogP contribution in [0.2, 0.25) is 0 Å². The van der Waals surface area contributed by atoms with Crippen molar-refractivity contribution in [3.8, 4) is 0 Å². The lowest BCUT2D eigenvalue weighted by Gasteiger charge is -2.08. The van der Waals surface area contributed by atoms with Gasteiger partial charge >= 0.3 is 0 Å². The molecule has 80 valence electrons. The maximum absolute atomic E-state index is 11.1. The molecule has 1 amide bonds. The first-order valence-corrected chi connectivity index (χ1v) is 4.91. The molecule has 0 rings (SSSR count). The second kappa shape index (κ2) is 7.18. The minimum atomic E-state index is 0.0612. The Bertz CT molecular complexity index is 209. The van der Waals surface area contributed by atoms with Crippen molar-refractivity contribution in [2.45, 2.75) is 20.3 Å². The molecule has 0 aromatic carbocycles. The Hall–Kier alpha value is -1.25. The van der Waals surface area contributed by atoms with E-state index in [-0.39, 0.29) is 11.8 Å². The van der Waals surface area contributed by atoms with Gasteiger partial charge in [0.25, 0.3) is 0 Å². The molecule has 0 heterocycles. The van der Waals surface area contributed by atoms with Crippen molar-refractivity contribution in [1.82, 2.24) is 10.6 Å². The maximum atomic E-state index is 11.1. The Morgan fingerprint density at radius 2 is 1.93 bits per heavy atom. The molecule has 0 spiro atoms. The zero-order valence-electron chi connectivity index (χ0n) is 9.10. The van der Waals surface area contributed by atoms with E-state index in [4.69, 9.17) is 0 Å². The molecule has 2 N–H and O–H groups in total. The number of carbonyl (C=O) groups is 1. The number of nitrogens with one attached hydrogen (secondary N) is 2. The van der Waals surface area contributed by atoms with E-state index in [0.717, 1.165) is 18.7 Å². The van der Waals surface area contributed by atoms with Crippen LogP contribution in [0.25, 0.3) is 0 Å². The summed E-state index contributed by atoms with van der Waals surface area (Å²) in [6.45, 7) is 12.6. The monoisotopic (exact) mass is 196 g/mol. The van der Waals surface area contributed by atoms with Gasteiger partial charge in [-0.1, -0.05) is 27.0 Å². The molecule has 0 aliphatic carbocycles. The fraction of sp³-hybridized carbons (Fsp3) is 0.545. The third-order valence-corrected chi connectivity index (χ3v) is 1.78. The van der Waals surface area contributed by atoms with Crippen molar-refractivity contribution in [2.24, 2.45) is 5.92 Å². The second-order valence-electron chi connectivity index (χ2n) is 3.46. The average molecular weight is 196 g/mol. The van der Waals surface area contributed by atoms with Crippen LogP contribution in [0.15, 0.2) is 24.9 Å². The van der Waals surface area contributed by atoms with Crippen molar-refractivity contribution in [3.05, 3.63) is 24.9 Å². The van der Waals surface area contributed by atoms with Crippen LogP contribution in [0.5, 0.6) is 0 Å². The maximum Gasteiger partial charge on any atom is 0.222 e. The first-order chi connectivity index (χ1) is 6.57. The normalized spacial score (nSPS) is 9.64. The van der Waals surface area contributed by atoms with E-state index >= 15 is 0 Å². The van der Waals surface area contributed by atoms with Gasteiger partial charge in [-0.05, 0) is 12.5 Å². The van der Waals surface area contributed by atoms with Gasteiger partial charge < -0.3 is 10.6 Å². The summed E-state index contributed by atoms with van der Waals surface area (Å²) in [6.07, 6.45) is 2.57. The van der Waals surface area contributed by atoms with Gasteiger partial charge in [-0.15, -0.1) is 0 Å². The van der Waals surface area contributed by atoms with Crippen molar-refractivity contribution in [1.29, 1.82) is 0 Å². The quantitative estimate of drug-likeness (QED) is 0.478. The van der Waals surface area contributed by atoms with Crippen molar-refractivity contribution in [3.63, 3.8) is 0 Å². The highest BCUT2D eigenvalue weighted by atomic mass is 16.1. The highest BCUT2D eigenvalue weighted by molar-refractivity contribution is 5.77. The lowest BCUT2D eigenvalue weighted by molar-refractivity contribution is -0.123. The Morgan fingerprint density at radius 3 is 2.43 bits per heavy atom. The predicted octanol–water partition coefficient (Wildman–Crippen LogP) is 1.44. The minimum absolute atomic E-state index is 0.0612. The lowest BCUT2D eigenvalue weighted by Crippen LogP contribution is -2.30. The fourth-order valence-corrected chi connectivity index (χ4v) is 0.825. The molecular weight excluding hydrogens is 176 g/mol. The summed E-state index contributed by atoms with van der Waals surface area (Å²) in [6, 6.07) is 0. The summed E-state index contributed by atoms with van der Waals surface area (Å²) in [5, 5.41) is 5.91. The number of amides is 1. The van der Waals surface area contributed by atoms with Gasteiger partial charge in [-0.2, -0.15) is 0 Å². The molecule has 0 aromatic rings. The third-order valence-electron chi connectivity index (χ3n) is 1.78. The molecule has 0 aliphatic heterocycles. The minimum Gasteiger partial charge on any atom is -0.385 e. The zero-order chi connectivity index (χ0) is 11.0. The van der Waals surface area contributed by atoms with Gasteiger partial charge in [0.05, 0.1) is 0 Å². The van der Waals surface area contributed by atoms with E-state index in [2.05, 4.69) is 23.8 Å². The van der Waals surface area contributed by atoms with E-state index in [0.29, 0.717) is 6.54 Å². The molecule has 0 bridgehead atoms. The molecule has 0 saturated carbocycles. The summed E-state index contributed by atoms with van der Waals surface area (Å²) in [5.41, 5.74) is 0.820. The first kappa shape index (κ1) is 12.8. The summed E-state index contributed by atoms with van der Waals surface area (Å²) >= 11 is 0. The average Bonchev–Trinajstić information content (AvgIpc) is 2.16. The molecule has 0 radical (unpaired) electrons. The molecule has 0 aromatic heterocycles. The molecular formula is C11H20N2O. The highest BCUT2D eigenvalue weighted by Gasteiger charge is 2.04. The fourth-order valence-electron chi connectivity index (χ4n) is 0.825. The van der Waals surface area contributed by atoms with Crippen LogP contribution in [-0.2, 0) is 4.79 Å². The zero-order valence-corrected chi connectivity index (χ0v) is 9.10. The molecule has 0 fully saturated rings. The molecule has 0 saturated heterocycles. The van der Waals surface area contributed by atoms with Gasteiger partial charge in [0.2, 0.25) is 5.91 Å². The Balaban J connectivity index is 3.34. The number of hydrogen-bond acceptors (Lipinski definition) is 2. The first-order valence-electron chi connectivity index (χ1n) is 4.91. The molecule has 0 atom stereocenters. The Morgan fingerprint density at radius 1 is 1.36 bits per heavy atom. The van der Waals surface area contributed by atoms with Crippen LogP contribution in [0.4, 0.5) is 0 Å². The van der Waals surface area contributed by atoms with Gasteiger partial charge in [0.1, 0.15) is 0 Å². The van der Waals surface area contributed by atoms with E-state index in [1.165, 1.54) is 0 Å². The van der Waals surface area contributed by atoms with Crippen molar-refractivity contribution in [2.75, 3.05) is 13.1 Å². The molecule has 3 nitrogen and oxygen atoms in total. The predicted molar refractivity (Wildman–Crippen MR) is 59.8 cm³/mol. The van der Waals surface area contributed by atoms with Crippen LogP contribution >= 0.6 is 0 Å². The van der Waals surface area contributed by atoms with Gasteiger partial charge in [-0.25, -0.2) is 0 Å². The van der Waals surface area contributed by atoms with Crippen LogP contribution in [-0.4, -0.2) is 19.0 Å². The second-order valence-corrected chi connectivity index (χ2v) is 3.46.